The van der Waals surface area contributed by atoms with Gasteiger partial charge in [-0.3, -0.25) is 0 Å². The molecule has 7 nitrogen and oxygen atoms in total. The smallest absolute Gasteiger partial charge is 0.363 e. The highest BCUT2D eigenvalue weighted by Crippen LogP contribution is 2.39. The van der Waals surface area contributed by atoms with Crippen LogP contribution in [-0.4, -0.2) is 40.3 Å². The number of esters is 1. The molecule has 0 amide bonds. The molecule has 0 atom stereocenters. The summed E-state index contributed by atoms with van der Waals surface area (Å²) in [6.07, 6.45) is 1.59. The van der Waals surface area contributed by atoms with Gasteiger partial charge in [-0.25, -0.2) is 9.79 Å². The molecule has 1 aliphatic heterocycles. The first-order valence-corrected chi connectivity index (χ1v) is 8.96. The van der Waals surface area contributed by atoms with Crippen molar-refractivity contribution < 1.29 is 28.5 Å². The van der Waals surface area contributed by atoms with E-state index in [1.54, 1.807) is 30.3 Å². The van der Waals surface area contributed by atoms with Gasteiger partial charge in [0.1, 0.15) is 5.75 Å². The van der Waals surface area contributed by atoms with Crippen molar-refractivity contribution in [1.82, 2.24) is 0 Å². The molecule has 0 radical (unpaired) electrons. The molecule has 0 unspecified atom stereocenters. The van der Waals surface area contributed by atoms with E-state index >= 15 is 0 Å². The Morgan fingerprint density at radius 3 is 2.14 bits per heavy atom. The van der Waals surface area contributed by atoms with Crippen molar-refractivity contribution in [3.05, 3.63) is 51.6 Å². The molecule has 0 spiro atoms. The Labute approximate surface area is 170 Å². The maximum atomic E-state index is 12.3. The molecule has 0 aromatic heterocycles. The lowest BCUT2D eigenvalue weighted by Gasteiger charge is -2.12. The van der Waals surface area contributed by atoms with Crippen LogP contribution in [0, 0.1) is 0 Å². The van der Waals surface area contributed by atoms with Crippen molar-refractivity contribution in [2.24, 2.45) is 4.99 Å². The van der Waals surface area contributed by atoms with Gasteiger partial charge in [0.25, 0.3) is 0 Å². The van der Waals surface area contributed by atoms with Crippen molar-refractivity contribution in [2.45, 2.75) is 0 Å². The molecule has 1 aliphatic rings. The quantitative estimate of drug-likeness (QED) is 0.494. The average Bonchev–Trinajstić information content (AvgIpc) is 3.07. The number of carbonyl (C=O) groups excluding carboxylic acids is 1. The van der Waals surface area contributed by atoms with Crippen LogP contribution in [0.5, 0.6) is 23.0 Å². The standard InChI is InChI=1S/C20H18BrNO6/c1-24-15-6-5-12(21)10-13(15)19-22-14(20(23)28-19)7-11-8-16(25-2)18(27-4)17(9-11)26-3/h5-10H,1-4H3/b14-7-. The number of carbonyl (C=O) groups is 1. The van der Waals surface area contributed by atoms with Gasteiger partial charge >= 0.3 is 5.97 Å². The molecular weight excluding hydrogens is 430 g/mol. The number of halogens is 1. The summed E-state index contributed by atoms with van der Waals surface area (Å²) < 4.78 is 27.5. The van der Waals surface area contributed by atoms with E-state index in [2.05, 4.69) is 20.9 Å². The van der Waals surface area contributed by atoms with Crippen molar-refractivity contribution in [3.8, 4) is 23.0 Å². The maximum absolute atomic E-state index is 12.3. The van der Waals surface area contributed by atoms with Crippen LogP contribution in [-0.2, 0) is 9.53 Å². The van der Waals surface area contributed by atoms with Crippen LogP contribution < -0.4 is 18.9 Å². The van der Waals surface area contributed by atoms with Crippen LogP contribution in [0.2, 0.25) is 0 Å². The minimum atomic E-state index is -0.564. The molecule has 3 rings (SSSR count). The molecule has 28 heavy (non-hydrogen) atoms. The Kier molecular flexibility index (Phi) is 5.89. The SMILES string of the molecule is COc1ccc(Br)cc1C1=N/C(=C\c2cc(OC)c(OC)c(OC)c2)C(=O)O1. The Bertz CT molecular complexity index is 958. The van der Waals surface area contributed by atoms with Crippen LogP contribution >= 0.6 is 15.9 Å². The lowest BCUT2D eigenvalue weighted by atomic mass is 10.1. The number of hydrogen-bond donors (Lipinski definition) is 0. The number of rotatable bonds is 6. The highest BCUT2D eigenvalue weighted by Gasteiger charge is 2.27. The number of aliphatic imine (C=N–C) groups is 1. The van der Waals surface area contributed by atoms with E-state index in [0.29, 0.717) is 34.1 Å². The van der Waals surface area contributed by atoms with Gasteiger partial charge < -0.3 is 23.7 Å². The first-order valence-electron chi connectivity index (χ1n) is 8.17. The Balaban J connectivity index is 2.04. The fraction of sp³-hybridized carbons (Fsp3) is 0.200. The predicted molar refractivity (Wildman–Crippen MR) is 107 cm³/mol. The van der Waals surface area contributed by atoms with Crippen molar-refractivity contribution in [2.75, 3.05) is 28.4 Å². The van der Waals surface area contributed by atoms with E-state index < -0.39 is 5.97 Å². The highest BCUT2D eigenvalue weighted by molar-refractivity contribution is 9.10. The average molecular weight is 448 g/mol. The monoisotopic (exact) mass is 447 g/mol. The number of ether oxygens (including phenoxy) is 5. The summed E-state index contributed by atoms with van der Waals surface area (Å²) in [5.74, 6) is 1.55. The molecule has 0 saturated heterocycles. The third-order valence-corrected chi connectivity index (χ3v) is 4.50. The van der Waals surface area contributed by atoms with Gasteiger partial charge in [-0.15, -0.1) is 0 Å². The molecule has 8 heteroatoms. The van der Waals surface area contributed by atoms with Crippen LogP contribution in [0.3, 0.4) is 0 Å². The number of nitrogens with zero attached hydrogens (tertiary/aromatic N) is 1. The number of methoxy groups -OCH3 is 4. The Hall–Kier alpha value is -3.00. The van der Waals surface area contributed by atoms with Gasteiger partial charge in [-0.2, -0.15) is 0 Å². The normalized spacial score (nSPS) is 14.5. The van der Waals surface area contributed by atoms with Gasteiger partial charge in [0.2, 0.25) is 11.6 Å². The second kappa shape index (κ2) is 8.35. The fourth-order valence-electron chi connectivity index (χ4n) is 2.71. The van der Waals surface area contributed by atoms with Gasteiger partial charge in [-0.05, 0) is 42.0 Å². The van der Waals surface area contributed by atoms with E-state index in [1.807, 2.05) is 6.07 Å². The lowest BCUT2D eigenvalue weighted by molar-refractivity contribution is -0.129. The van der Waals surface area contributed by atoms with E-state index in [-0.39, 0.29) is 11.6 Å². The largest absolute Gasteiger partial charge is 0.496 e. The van der Waals surface area contributed by atoms with E-state index in [9.17, 15) is 4.79 Å². The summed E-state index contributed by atoms with van der Waals surface area (Å²) >= 11 is 3.40. The van der Waals surface area contributed by atoms with Gasteiger partial charge in [0.05, 0.1) is 34.0 Å². The summed E-state index contributed by atoms with van der Waals surface area (Å²) in [5.41, 5.74) is 1.36. The molecule has 2 aromatic carbocycles. The van der Waals surface area contributed by atoms with E-state index in [0.717, 1.165) is 4.47 Å². The molecule has 0 saturated carbocycles. The summed E-state index contributed by atoms with van der Waals surface area (Å²) in [4.78, 5) is 16.7. The fourth-order valence-corrected chi connectivity index (χ4v) is 3.08. The van der Waals surface area contributed by atoms with Gasteiger partial charge in [0, 0.05) is 4.47 Å². The third-order valence-electron chi connectivity index (χ3n) is 4.00. The zero-order valence-electron chi connectivity index (χ0n) is 15.7. The third kappa shape index (κ3) is 3.82. The Morgan fingerprint density at radius 1 is 0.929 bits per heavy atom. The van der Waals surface area contributed by atoms with Crippen LogP contribution in [0.25, 0.3) is 6.08 Å². The Morgan fingerprint density at radius 2 is 1.57 bits per heavy atom. The van der Waals surface area contributed by atoms with Gasteiger partial charge in [-0.1, -0.05) is 15.9 Å². The van der Waals surface area contributed by atoms with E-state index in [4.69, 9.17) is 23.7 Å². The number of cyclic esters (lactones) is 1. The summed E-state index contributed by atoms with van der Waals surface area (Å²) in [6.45, 7) is 0. The molecule has 2 aromatic rings. The zero-order chi connectivity index (χ0) is 20.3. The summed E-state index contributed by atoms with van der Waals surface area (Å²) in [6, 6.07) is 8.79. The number of hydrogen-bond acceptors (Lipinski definition) is 7. The first kappa shape index (κ1) is 19.8. The lowest BCUT2D eigenvalue weighted by Crippen LogP contribution is -2.07. The molecule has 1 heterocycles. The van der Waals surface area contributed by atoms with Crippen LogP contribution in [0.15, 0.2) is 45.5 Å². The van der Waals surface area contributed by atoms with Gasteiger partial charge in [0.15, 0.2) is 17.2 Å². The summed E-state index contributed by atoms with van der Waals surface area (Å²) in [7, 11) is 6.10. The molecule has 0 aliphatic carbocycles. The second-order valence-electron chi connectivity index (χ2n) is 5.64. The minimum Gasteiger partial charge on any atom is -0.496 e. The molecular formula is C20H18BrNO6. The van der Waals surface area contributed by atoms with E-state index in [1.165, 1.54) is 28.4 Å². The predicted octanol–water partition coefficient (Wildman–Crippen LogP) is 3.83. The highest BCUT2D eigenvalue weighted by atomic mass is 79.9. The maximum Gasteiger partial charge on any atom is 0.363 e. The van der Waals surface area contributed by atoms with Crippen molar-refractivity contribution in [1.29, 1.82) is 0 Å². The van der Waals surface area contributed by atoms with Crippen molar-refractivity contribution in [3.63, 3.8) is 0 Å². The first-order chi connectivity index (χ1) is 13.5. The number of benzene rings is 2. The van der Waals surface area contributed by atoms with Crippen LogP contribution in [0.1, 0.15) is 11.1 Å². The molecule has 0 fully saturated rings. The molecule has 146 valence electrons. The minimum absolute atomic E-state index is 0.145. The summed E-state index contributed by atoms with van der Waals surface area (Å²) in [5, 5.41) is 0. The van der Waals surface area contributed by atoms with Crippen molar-refractivity contribution >= 4 is 33.9 Å². The second-order valence-corrected chi connectivity index (χ2v) is 6.56. The zero-order valence-corrected chi connectivity index (χ0v) is 17.3. The molecule has 0 N–H and O–H groups in total. The topological polar surface area (TPSA) is 75.6 Å². The molecule has 0 bridgehead atoms. The van der Waals surface area contributed by atoms with Crippen LogP contribution in [0.4, 0.5) is 0 Å².